The molecule has 0 saturated heterocycles. The number of rotatable bonds is 4. The summed E-state index contributed by atoms with van der Waals surface area (Å²) in [7, 11) is 0. The molecule has 1 heterocycles. The van der Waals surface area contributed by atoms with Gasteiger partial charge in [0.15, 0.2) is 5.16 Å². The van der Waals surface area contributed by atoms with Crippen LogP contribution in [-0.2, 0) is 0 Å². The van der Waals surface area contributed by atoms with Gasteiger partial charge in [-0.3, -0.25) is 4.79 Å². The van der Waals surface area contributed by atoms with Crippen molar-refractivity contribution < 1.29 is 0 Å². The fraction of sp³-hybridized carbons (Fsp3) is 0.333. The second-order valence-corrected chi connectivity index (χ2v) is 6.34. The topological polar surface area (TPSA) is 45.8 Å². The highest BCUT2D eigenvalue weighted by Crippen LogP contribution is 2.24. The largest absolute Gasteiger partial charge is 0.301 e. The summed E-state index contributed by atoms with van der Waals surface area (Å²) in [6, 6.07) is 11.7. The van der Waals surface area contributed by atoms with Crippen molar-refractivity contribution in [3.8, 4) is 0 Å². The molecule has 3 nitrogen and oxygen atoms in total. The smallest absolute Gasteiger partial charge is 0.251 e. The van der Waals surface area contributed by atoms with E-state index in [0.717, 1.165) is 5.69 Å². The van der Waals surface area contributed by atoms with Crippen LogP contribution in [0.15, 0.2) is 46.3 Å². The van der Waals surface area contributed by atoms with Gasteiger partial charge in [-0.1, -0.05) is 62.9 Å². The summed E-state index contributed by atoms with van der Waals surface area (Å²) in [6.07, 6.45) is 0. The minimum Gasteiger partial charge on any atom is -0.301 e. The van der Waals surface area contributed by atoms with Gasteiger partial charge >= 0.3 is 0 Å². The molecule has 0 aliphatic carbocycles. The molecule has 0 spiro atoms. The first-order valence-electron chi connectivity index (χ1n) is 6.39. The summed E-state index contributed by atoms with van der Waals surface area (Å²) in [6.45, 7) is 6.23. The van der Waals surface area contributed by atoms with Crippen LogP contribution in [-0.4, -0.2) is 15.2 Å². The SMILES string of the molecule is CC(C)Sc1nc([C@H](C)c2ccccc2)cc(=O)[nH]1. The van der Waals surface area contributed by atoms with E-state index in [1.54, 1.807) is 17.8 Å². The standard InChI is InChI=1S/C15H18N2OS/c1-10(2)19-15-16-13(9-14(18)17-15)11(3)12-7-5-4-6-8-12/h4-11H,1-3H3,(H,16,17,18)/t11-/m1/s1. The fourth-order valence-corrected chi connectivity index (χ4v) is 2.63. The van der Waals surface area contributed by atoms with Crippen molar-refractivity contribution in [1.29, 1.82) is 0 Å². The van der Waals surface area contributed by atoms with E-state index in [1.807, 2.05) is 18.2 Å². The summed E-state index contributed by atoms with van der Waals surface area (Å²) < 4.78 is 0. The Balaban J connectivity index is 2.34. The third-order valence-corrected chi connectivity index (χ3v) is 3.72. The molecular formula is C15H18N2OS. The van der Waals surface area contributed by atoms with Gasteiger partial charge in [-0.05, 0) is 5.56 Å². The molecule has 4 heteroatoms. The van der Waals surface area contributed by atoms with Crippen LogP contribution in [0, 0.1) is 0 Å². The molecular weight excluding hydrogens is 256 g/mol. The van der Waals surface area contributed by atoms with Crippen molar-refractivity contribution in [2.45, 2.75) is 37.1 Å². The molecule has 2 rings (SSSR count). The molecule has 0 aliphatic heterocycles. The molecule has 100 valence electrons. The van der Waals surface area contributed by atoms with Crippen molar-refractivity contribution >= 4 is 11.8 Å². The molecule has 1 atom stereocenters. The normalized spacial score (nSPS) is 12.6. The van der Waals surface area contributed by atoms with E-state index < -0.39 is 0 Å². The van der Waals surface area contributed by atoms with E-state index in [0.29, 0.717) is 10.4 Å². The Kier molecular flexibility index (Phi) is 4.43. The zero-order valence-corrected chi connectivity index (χ0v) is 12.2. The van der Waals surface area contributed by atoms with Crippen LogP contribution in [0.5, 0.6) is 0 Å². The first-order chi connectivity index (χ1) is 9.06. The van der Waals surface area contributed by atoms with E-state index in [-0.39, 0.29) is 11.5 Å². The van der Waals surface area contributed by atoms with E-state index in [9.17, 15) is 4.79 Å². The van der Waals surface area contributed by atoms with Gasteiger partial charge in [0.05, 0.1) is 5.69 Å². The van der Waals surface area contributed by atoms with Gasteiger partial charge in [-0.2, -0.15) is 0 Å². The first kappa shape index (κ1) is 13.9. The van der Waals surface area contributed by atoms with E-state index >= 15 is 0 Å². The lowest BCUT2D eigenvalue weighted by molar-refractivity contribution is 0.799. The summed E-state index contributed by atoms with van der Waals surface area (Å²) in [4.78, 5) is 19.1. The highest BCUT2D eigenvalue weighted by molar-refractivity contribution is 7.99. The number of H-pyrrole nitrogens is 1. The second-order valence-electron chi connectivity index (χ2n) is 4.77. The number of nitrogens with one attached hydrogen (secondary N) is 1. The third kappa shape index (κ3) is 3.70. The number of hydrogen-bond acceptors (Lipinski definition) is 3. The zero-order valence-electron chi connectivity index (χ0n) is 11.4. The molecule has 1 aromatic carbocycles. The molecule has 19 heavy (non-hydrogen) atoms. The van der Waals surface area contributed by atoms with Crippen LogP contribution < -0.4 is 5.56 Å². The average molecular weight is 274 g/mol. The lowest BCUT2D eigenvalue weighted by atomic mass is 9.98. The Labute approximate surface area is 117 Å². The number of aromatic amines is 1. The molecule has 0 radical (unpaired) electrons. The van der Waals surface area contributed by atoms with Crippen LogP contribution in [0.4, 0.5) is 0 Å². The molecule has 1 aromatic heterocycles. The molecule has 0 saturated carbocycles. The molecule has 0 bridgehead atoms. The lowest BCUT2D eigenvalue weighted by Crippen LogP contribution is -2.13. The Hall–Kier alpha value is -1.55. The Morgan fingerprint density at radius 3 is 2.47 bits per heavy atom. The van der Waals surface area contributed by atoms with Crippen molar-refractivity contribution in [3.63, 3.8) is 0 Å². The maximum atomic E-state index is 11.7. The van der Waals surface area contributed by atoms with E-state index in [4.69, 9.17) is 0 Å². The van der Waals surface area contributed by atoms with Gasteiger partial charge in [0.2, 0.25) is 0 Å². The molecule has 0 unspecified atom stereocenters. The molecule has 0 fully saturated rings. The highest BCUT2D eigenvalue weighted by atomic mass is 32.2. The Morgan fingerprint density at radius 1 is 1.16 bits per heavy atom. The van der Waals surface area contributed by atoms with Gasteiger partial charge in [0, 0.05) is 17.2 Å². The van der Waals surface area contributed by atoms with Gasteiger partial charge in [0.25, 0.3) is 5.56 Å². The Bertz CT molecular complexity index is 593. The molecule has 0 aliphatic rings. The predicted molar refractivity (Wildman–Crippen MR) is 79.8 cm³/mol. The lowest BCUT2D eigenvalue weighted by Gasteiger charge is -2.12. The number of benzene rings is 1. The monoisotopic (exact) mass is 274 g/mol. The first-order valence-corrected chi connectivity index (χ1v) is 7.27. The zero-order chi connectivity index (χ0) is 13.8. The van der Waals surface area contributed by atoms with Crippen LogP contribution >= 0.6 is 11.8 Å². The summed E-state index contributed by atoms with van der Waals surface area (Å²) in [5.41, 5.74) is 1.90. The van der Waals surface area contributed by atoms with Crippen molar-refractivity contribution in [1.82, 2.24) is 9.97 Å². The predicted octanol–water partition coefficient (Wildman–Crippen LogP) is 3.42. The van der Waals surface area contributed by atoms with Crippen LogP contribution in [0.2, 0.25) is 0 Å². The van der Waals surface area contributed by atoms with Gasteiger partial charge in [-0.25, -0.2) is 4.98 Å². The molecule has 2 aromatic rings. The average Bonchev–Trinajstić information content (AvgIpc) is 2.37. The minimum absolute atomic E-state index is 0.0871. The number of nitrogens with zero attached hydrogens (tertiary/aromatic N) is 1. The number of thioether (sulfide) groups is 1. The quantitative estimate of drug-likeness (QED) is 0.686. The van der Waals surface area contributed by atoms with E-state index in [2.05, 4.69) is 42.9 Å². The summed E-state index contributed by atoms with van der Waals surface area (Å²) in [5, 5.41) is 1.09. The maximum absolute atomic E-state index is 11.7. The van der Waals surface area contributed by atoms with Gasteiger partial charge in [0.1, 0.15) is 0 Å². The van der Waals surface area contributed by atoms with Gasteiger partial charge < -0.3 is 4.98 Å². The highest BCUT2D eigenvalue weighted by Gasteiger charge is 2.12. The summed E-state index contributed by atoms with van der Waals surface area (Å²) in [5.74, 6) is 0.120. The van der Waals surface area contributed by atoms with Gasteiger partial charge in [-0.15, -0.1) is 0 Å². The van der Waals surface area contributed by atoms with Crippen molar-refractivity contribution in [2.24, 2.45) is 0 Å². The minimum atomic E-state index is -0.0871. The van der Waals surface area contributed by atoms with Crippen LogP contribution in [0.25, 0.3) is 0 Å². The Morgan fingerprint density at radius 2 is 1.84 bits per heavy atom. The van der Waals surface area contributed by atoms with Crippen LogP contribution in [0.1, 0.15) is 37.9 Å². The molecule has 1 N–H and O–H groups in total. The fourth-order valence-electron chi connectivity index (χ4n) is 1.87. The second kappa shape index (κ2) is 6.06. The summed E-state index contributed by atoms with van der Waals surface area (Å²) >= 11 is 1.57. The number of aromatic nitrogens is 2. The number of hydrogen-bond donors (Lipinski definition) is 1. The maximum Gasteiger partial charge on any atom is 0.251 e. The molecule has 0 amide bonds. The van der Waals surface area contributed by atoms with Crippen molar-refractivity contribution in [3.05, 3.63) is 58.0 Å². The van der Waals surface area contributed by atoms with Crippen molar-refractivity contribution in [2.75, 3.05) is 0 Å². The van der Waals surface area contributed by atoms with E-state index in [1.165, 1.54) is 5.56 Å². The third-order valence-electron chi connectivity index (χ3n) is 2.83. The van der Waals surface area contributed by atoms with Crippen LogP contribution in [0.3, 0.4) is 0 Å².